The monoisotopic (exact) mass is 258 g/mol. The molecule has 0 N–H and O–H groups in total. The lowest BCUT2D eigenvalue weighted by molar-refractivity contribution is -0.117. The molecule has 0 unspecified atom stereocenters. The number of ketones is 1. The molecule has 0 aromatic heterocycles. The Bertz CT molecular complexity index is 441. The summed E-state index contributed by atoms with van der Waals surface area (Å²) in [6, 6.07) is 8.55. The second-order valence-electron chi connectivity index (χ2n) is 5.63. The Morgan fingerprint density at radius 3 is 2.63 bits per heavy atom. The van der Waals surface area contributed by atoms with Crippen LogP contribution in [0.1, 0.15) is 51.2 Å². The molecule has 0 heterocycles. The highest BCUT2D eigenvalue weighted by molar-refractivity contribution is 5.91. The number of carbonyl (C=O) groups excluding carboxylic acids is 1. The highest BCUT2D eigenvalue weighted by Gasteiger charge is 2.07. The highest BCUT2D eigenvalue weighted by atomic mass is 16.1. The summed E-state index contributed by atoms with van der Waals surface area (Å²) in [4.78, 5) is 11.9. The van der Waals surface area contributed by atoms with Crippen LogP contribution in [0.2, 0.25) is 0 Å². The van der Waals surface area contributed by atoms with E-state index in [0.717, 1.165) is 19.3 Å². The number of hydrogen-bond donors (Lipinski definition) is 0. The van der Waals surface area contributed by atoms with Crippen LogP contribution in [0.4, 0.5) is 0 Å². The summed E-state index contributed by atoms with van der Waals surface area (Å²) in [5.41, 5.74) is 3.85. The van der Waals surface area contributed by atoms with Gasteiger partial charge in [0.25, 0.3) is 0 Å². The molecule has 1 aromatic rings. The van der Waals surface area contributed by atoms with Crippen LogP contribution in [-0.2, 0) is 11.2 Å². The summed E-state index contributed by atoms with van der Waals surface area (Å²) < 4.78 is 0. The van der Waals surface area contributed by atoms with Gasteiger partial charge >= 0.3 is 0 Å². The molecule has 1 nitrogen and oxygen atoms in total. The molecule has 0 saturated heterocycles. The fourth-order valence-corrected chi connectivity index (χ4v) is 2.07. The van der Waals surface area contributed by atoms with Gasteiger partial charge in [0.05, 0.1) is 0 Å². The average Bonchev–Trinajstić information content (AvgIpc) is 2.35. The van der Waals surface area contributed by atoms with Crippen LogP contribution in [0.5, 0.6) is 0 Å². The van der Waals surface area contributed by atoms with Crippen molar-refractivity contribution in [1.82, 2.24) is 0 Å². The lowest BCUT2D eigenvalue weighted by Crippen LogP contribution is -2.05. The molecular formula is C18H26O. The molecule has 0 fully saturated rings. The summed E-state index contributed by atoms with van der Waals surface area (Å²) in [6.07, 6.45) is 6.13. The maximum absolute atomic E-state index is 11.9. The predicted octanol–water partition coefficient (Wildman–Crippen LogP) is 4.88. The third-order valence-corrected chi connectivity index (χ3v) is 3.28. The van der Waals surface area contributed by atoms with Gasteiger partial charge < -0.3 is 0 Å². The third-order valence-electron chi connectivity index (χ3n) is 3.28. The lowest BCUT2D eigenvalue weighted by atomic mass is 9.96. The molecule has 0 aliphatic heterocycles. The van der Waals surface area contributed by atoms with Gasteiger partial charge in [0, 0.05) is 5.92 Å². The molecule has 0 aliphatic rings. The second-order valence-corrected chi connectivity index (χ2v) is 5.63. The Morgan fingerprint density at radius 1 is 1.32 bits per heavy atom. The van der Waals surface area contributed by atoms with Gasteiger partial charge in [0.1, 0.15) is 0 Å². The maximum Gasteiger partial charge on any atom is 0.158 e. The summed E-state index contributed by atoms with van der Waals surface area (Å²) >= 11 is 0. The predicted molar refractivity (Wildman–Crippen MR) is 82.3 cm³/mol. The van der Waals surface area contributed by atoms with E-state index in [-0.39, 0.29) is 11.7 Å². The van der Waals surface area contributed by atoms with Crippen LogP contribution in [0.15, 0.2) is 35.9 Å². The van der Waals surface area contributed by atoms with Gasteiger partial charge in [0.15, 0.2) is 5.78 Å². The summed E-state index contributed by atoms with van der Waals surface area (Å²) in [6.45, 7) is 8.22. The number of rotatable bonds is 7. The molecule has 0 aliphatic carbocycles. The molecule has 1 rings (SSSR count). The van der Waals surface area contributed by atoms with Crippen LogP contribution in [0.25, 0.3) is 0 Å². The number of allylic oxidation sites excluding steroid dienone is 2. The summed E-state index contributed by atoms with van der Waals surface area (Å²) in [5, 5.41) is 0. The standard InChI is InChI=1S/C18H26O/c1-5-6-9-17(13-18(19)14(2)3)12-16-10-7-8-15(4)11-16/h7-8,10-11,13-14H,5-6,9,12H2,1-4H3/b17-13+. The molecule has 19 heavy (non-hydrogen) atoms. The van der Waals surface area contributed by atoms with E-state index in [4.69, 9.17) is 0 Å². The third kappa shape index (κ3) is 5.87. The summed E-state index contributed by atoms with van der Waals surface area (Å²) in [5.74, 6) is 0.341. The van der Waals surface area contributed by atoms with Crippen LogP contribution >= 0.6 is 0 Å². The molecular weight excluding hydrogens is 232 g/mol. The second kappa shape index (κ2) is 7.93. The number of hydrogen-bond acceptors (Lipinski definition) is 1. The Kier molecular flexibility index (Phi) is 6.55. The van der Waals surface area contributed by atoms with E-state index < -0.39 is 0 Å². The smallest absolute Gasteiger partial charge is 0.158 e. The van der Waals surface area contributed by atoms with Crippen molar-refractivity contribution in [2.45, 2.75) is 53.4 Å². The quantitative estimate of drug-likeness (QED) is 0.637. The molecule has 0 amide bonds. The molecule has 0 saturated carbocycles. The Hall–Kier alpha value is -1.37. The number of unbranched alkanes of at least 4 members (excludes halogenated alkanes) is 1. The Balaban J connectivity index is 2.82. The molecule has 0 spiro atoms. The van der Waals surface area contributed by atoms with E-state index in [1.165, 1.54) is 23.1 Å². The van der Waals surface area contributed by atoms with E-state index in [0.29, 0.717) is 0 Å². The van der Waals surface area contributed by atoms with Gasteiger partial charge in [-0.3, -0.25) is 4.79 Å². The summed E-state index contributed by atoms with van der Waals surface area (Å²) in [7, 11) is 0. The van der Waals surface area contributed by atoms with Crippen LogP contribution in [0.3, 0.4) is 0 Å². The SMILES string of the molecule is CCCC/C(=C\C(=O)C(C)C)Cc1cccc(C)c1. The number of carbonyl (C=O) groups is 1. The van der Waals surface area contributed by atoms with Crippen molar-refractivity contribution in [2.75, 3.05) is 0 Å². The van der Waals surface area contributed by atoms with Crippen molar-refractivity contribution < 1.29 is 4.79 Å². The highest BCUT2D eigenvalue weighted by Crippen LogP contribution is 2.16. The first kappa shape index (κ1) is 15.7. The van der Waals surface area contributed by atoms with Gasteiger partial charge in [-0.15, -0.1) is 0 Å². The lowest BCUT2D eigenvalue weighted by Gasteiger charge is -2.09. The van der Waals surface area contributed by atoms with Gasteiger partial charge in [0.2, 0.25) is 0 Å². The molecule has 0 radical (unpaired) electrons. The largest absolute Gasteiger partial charge is 0.295 e. The van der Waals surface area contributed by atoms with Crippen molar-refractivity contribution in [3.8, 4) is 0 Å². The van der Waals surface area contributed by atoms with Crippen molar-refractivity contribution in [2.24, 2.45) is 5.92 Å². The van der Waals surface area contributed by atoms with Gasteiger partial charge in [-0.05, 0) is 37.8 Å². The average molecular weight is 258 g/mol. The first-order chi connectivity index (χ1) is 9.02. The van der Waals surface area contributed by atoms with Crippen LogP contribution in [0, 0.1) is 12.8 Å². The van der Waals surface area contributed by atoms with E-state index in [1.54, 1.807) is 0 Å². The van der Waals surface area contributed by atoms with Gasteiger partial charge in [-0.2, -0.15) is 0 Å². The van der Waals surface area contributed by atoms with Gasteiger partial charge in [-0.25, -0.2) is 0 Å². The van der Waals surface area contributed by atoms with Crippen LogP contribution < -0.4 is 0 Å². The minimum absolute atomic E-state index is 0.0918. The molecule has 1 heteroatoms. The molecule has 0 bridgehead atoms. The molecule has 0 atom stereocenters. The normalized spacial score (nSPS) is 11.9. The first-order valence-corrected chi connectivity index (χ1v) is 7.31. The van der Waals surface area contributed by atoms with Crippen molar-refractivity contribution in [1.29, 1.82) is 0 Å². The van der Waals surface area contributed by atoms with Crippen molar-refractivity contribution in [3.05, 3.63) is 47.0 Å². The minimum Gasteiger partial charge on any atom is -0.295 e. The fourth-order valence-electron chi connectivity index (χ4n) is 2.07. The van der Waals surface area contributed by atoms with E-state index >= 15 is 0 Å². The maximum atomic E-state index is 11.9. The van der Waals surface area contributed by atoms with E-state index in [2.05, 4.69) is 38.1 Å². The Labute approximate surface area is 117 Å². The van der Waals surface area contributed by atoms with Crippen LogP contribution in [-0.4, -0.2) is 5.78 Å². The molecule has 1 aromatic carbocycles. The molecule has 104 valence electrons. The zero-order valence-electron chi connectivity index (χ0n) is 12.7. The van der Waals surface area contributed by atoms with E-state index in [1.807, 2.05) is 19.9 Å². The number of aryl methyl sites for hydroxylation is 1. The topological polar surface area (TPSA) is 17.1 Å². The zero-order valence-corrected chi connectivity index (χ0v) is 12.7. The van der Waals surface area contributed by atoms with Gasteiger partial charge in [-0.1, -0.05) is 62.6 Å². The van der Waals surface area contributed by atoms with Crippen molar-refractivity contribution in [3.63, 3.8) is 0 Å². The fraction of sp³-hybridized carbons (Fsp3) is 0.500. The first-order valence-electron chi connectivity index (χ1n) is 7.31. The van der Waals surface area contributed by atoms with E-state index in [9.17, 15) is 4.79 Å². The van der Waals surface area contributed by atoms with Crippen molar-refractivity contribution >= 4 is 5.78 Å². The number of benzene rings is 1. The Morgan fingerprint density at radius 2 is 2.05 bits per heavy atom. The zero-order chi connectivity index (χ0) is 14.3. The minimum atomic E-state index is 0.0918.